The molecule has 0 nitrogen and oxygen atoms in total. The van der Waals surface area contributed by atoms with Crippen LogP contribution in [0.15, 0.2) is 72.9 Å². The lowest BCUT2D eigenvalue weighted by Gasteiger charge is -2.05. The molecule has 0 unspecified atom stereocenters. The van der Waals surface area contributed by atoms with Gasteiger partial charge >= 0.3 is 0 Å². The Morgan fingerprint density at radius 1 is 0.600 bits per heavy atom. The van der Waals surface area contributed by atoms with Crippen LogP contribution in [0.3, 0.4) is 0 Å². The summed E-state index contributed by atoms with van der Waals surface area (Å²) in [5.41, 5.74) is 4.78. The van der Waals surface area contributed by atoms with Crippen LogP contribution < -0.4 is 0 Å². The molecule has 0 radical (unpaired) electrons. The number of allylic oxidation sites excluding steroid dienone is 8. The van der Waals surface area contributed by atoms with Crippen LogP contribution in [0.5, 0.6) is 0 Å². The van der Waals surface area contributed by atoms with E-state index in [-0.39, 0.29) is 0 Å². The van der Waals surface area contributed by atoms with Crippen molar-refractivity contribution in [2.24, 2.45) is 0 Å². The monoisotopic (exact) mass is 198 g/mol. The predicted molar refractivity (Wildman–Crippen MR) is 68.7 cm³/mol. The van der Waals surface area contributed by atoms with Crippen molar-refractivity contribution in [1.29, 1.82) is 0 Å². The van der Waals surface area contributed by atoms with Gasteiger partial charge in [0, 0.05) is 0 Å². The molecule has 0 heterocycles. The van der Waals surface area contributed by atoms with Crippen molar-refractivity contribution in [3.05, 3.63) is 72.9 Å². The van der Waals surface area contributed by atoms with Gasteiger partial charge in [-0.1, -0.05) is 72.9 Å². The summed E-state index contributed by atoms with van der Waals surface area (Å²) in [5.74, 6) is 0. The first-order valence-corrected chi connectivity index (χ1v) is 5.15. The molecule has 15 heavy (non-hydrogen) atoms. The zero-order chi connectivity index (χ0) is 11.3. The van der Waals surface area contributed by atoms with E-state index in [1.54, 1.807) is 0 Å². The minimum Gasteiger partial charge on any atom is -0.0958 e. The summed E-state index contributed by atoms with van der Waals surface area (Å²) in [6.45, 7) is 15.2. The number of hydrogen-bond donors (Lipinski definition) is 0. The van der Waals surface area contributed by atoms with E-state index in [4.69, 9.17) is 0 Å². The molecule has 0 fully saturated rings. The highest BCUT2D eigenvalue weighted by Gasteiger charge is 1.97. The Morgan fingerprint density at radius 2 is 0.933 bits per heavy atom. The van der Waals surface area contributed by atoms with Gasteiger partial charge in [0.25, 0.3) is 0 Å². The zero-order valence-electron chi connectivity index (χ0n) is 9.26. The molecule has 0 saturated heterocycles. The Morgan fingerprint density at radius 3 is 1.13 bits per heavy atom. The van der Waals surface area contributed by atoms with Gasteiger partial charge in [0.15, 0.2) is 0 Å². The first-order valence-electron chi connectivity index (χ1n) is 5.15. The standard InChI is InChI=1S/C8H10.C7H8/c1-7-3-5-8(2)6-4-7;1-6-3-4-7(2)5-6/h3,5H,1-2,4,6H2;3-4H,1-2,5H2. The molecule has 0 N–H and O–H groups in total. The molecule has 2 aliphatic rings. The van der Waals surface area contributed by atoms with Crippen LogP contribution in [-0.2, 0) is 0 Å². The highest BCUT2D eigenvalue weighted by molar-refractivity contribution is 5.36. The van der Waals surface area contributed by atoms with E-state index >= 15 is 0 Å². The van der Waals surface area contributed by atoms with Crippen LogP contribution in [0.25, 0.3) is 0 Å². The van der Waals surface area contributed by atoms with E-state index in [0.717, 1.165) is 19.3 Å². The molecule has 0 heteroatoms. The third kappa shape index (κ3) is 4.46. The Balaban J connectivity index is 0.000000151. The molecular weight excluding hydrogens is 180 g/mol. The van der Waals surface area contributed by atoms with Crippen LogP contribution in [0.1, 0.15) is 19.3 Å². The maximum absolute atomic E-state index is 3.82. The molecule has 2 aliphatic carbocycles. The molecule has 0 amide bonds. The normalized spacial score (nSPS) is 19.2. The molecule has 78 valence electrons. The van der Waals surface area contributed by atoms with Crippen LogP contribution >= 0.6 is 0 Å². The molecule has 0 spiro atoms. The van der Waals surface area contributed by atoms with E-state index in [1.807, 2.05) is 24.3 Å². The summed E-state index contributed by atoms with van der Waals surface area (Å²) in [5, 5.41) is 0. The Bertz CT molecular complexity index is 327. The lowest BCUT2D eigenvalue weighted by atomic mass is 10.0. The smallest absolute Gasteiger partial charge is 0.00375 e. The van der Waals surface area contributed by atoms with Crippen molar-refractivity contribution in [1.82, 2.24) is 0 Å². The fourth-order valence-electron chi connectivity index (χ4n) is 1.37. The van der Waals surface area contributed by atoms with Crippen molar-refractivity contribution in [2.75, 3.05) is 0 Å². The van der Waals surface area contributed by atoms with Gasteiger partial charge < -0.3 is 0 Å². The summed E-state index contributed by atoms with van der Waals surface area (Å²) in [6.07, 6.45) is 11.2. The third-order valence-corrected chi connectivity index (χ3v) is 2.33. The Labute approximate surface area is 92.7 Å². The second-order valence-electron chi connectivity index (χ2n) is 3.98. The quantitative estimate of drug-likeness (QED) is 0.537. The van der Waals surface area contributed by atoms with Crippen molar-refractivity contribution in [2.45, 2.75) is 19.3 Å². The Kier molecular flexibility index (Phi) is 4.11. The molecule has 0 bridgehead atoms. The molecule has 0 aliphatic heterocycles. The fourth-order valence-corrected chi connectivity index (χ4v) is 1.37. The SMILES string of the molecule is C=C1C=CC(=C)C1.C=C1C=CC(=C)CC1. The van der Waals surface area contributed by atoms with E-state index in [9.17, 15) is 0 Å². The third-order valence-electron chi connectivity index (χ3n) is 2.33. The second kappa shape index (κ2) is 5.35. The van der Waals surface area contributed by atoms with Crippen LogP contribution in [-0.4, -0.2) is 0 Å². The van der Waals surface area contributed by atoms with Crippen LogP contribution in [0.4, 0.5) is 0 Å². The topological polar surface area (TPSA) is 0 Å². The fraction of sp³-hybridized carbons (Fsp3) is 0.200. The number of rotatable bonds is 0. The van der Waals surface area contributed by atoms with E-state index in [2.05, 4.69) is 26.3 Å². The van der Waals surface area contributed by atoms with Crippen molar-refractivity contribution < 1.29 is 0 Å². The van der Waals surface area contributed by atoms with Gasteiger partial charge in [-0.25, -0.2) is 0 Å². The van der Waals surface area contributed by atoms with Crippen molar-refractivity contribution in [3.63, 3.8) is 0 Å². The molecule has 0 aromatic heterocycles. The molecule has 0 saturated carbocycles. The lowest BCUT2D eigenvalue weighted by molar-refractivity contribution is 0.955. The largest absolute Gasteiger partial charge is 0.0958 e. The average molecular weight is 198 g/mol. The van der Waals surface area contributed by atoms with Gasteiger partial charge in [-0.05, 0) is 19.3 Å². The lowest BCUT2D eigenvalue weighted by Crippen LogP contribution is -1.86. The summed E-state index contributed by atoms with van der Waals surface area (Å²) in [6, 6.07) is 0. The van der Waals surface area contributed by atoms with Gasteiger partial charge in [-0.2, -0.15) is 0 Å². The highest BCUT2D eigenvalue weighted by atomic mass is 14.0. The molecule has 0 aromatic carbocycles. The van der Waals surface area contributed by atoms with Crippen molar-refractivity contribution >= 4 is 0 Å². The summed E-state index contributed by atoms with van der Waals surface area (Å²) >= 11 is 0. The minimum absolute atomic E-state index is 0.972. The summed E-state index contributed by atoms with van der Waals surface area (Å²) in [7, 11) is 0. The van der Waals surface area contributed by atoms with Gasteiger partial charge in [0.05, 0.1) is 0 Å². The molecule has 0 atom stereocenters. The highest BCUT2D eigenvalue weighted by Crippen LogP contribution is 2.17. The average Bonchev–Trinajstić information content (AvgIpc) is 2.56. The summed E-state index contributed by atoms with van der Waals surface area (Å²) < 4.78 is 0. The van der Waals surface area contributed by atoms with E-state index in [0.29, 0.717) is 0 Å². The molecule has 0 aromatic rings. The Hall–Kier alpha value is -1.56. The maximum Gasteiger partial charge on any atom is -0.00375 e. The van der Waals surface area contributed by atoms with E-state index < -0.39 is 0 Å². The first-order chi connectivity index (χ1) is 7.08. The number of hydrogen-bond acceptors (Lipinski definition) is 0. The van der Waals surface area contributed by atoms with Gasteiger partial charge in [0.1, 0.15) is 0 Å². The van der Waals surface area contributed by atoms with Crippen LogP contribution in [0.2, 0.25) is 0 Å². The molecule has 2 rings (SSSR count). The maximum atomic E-state index is 3.82. The minimum atomic E-state index is 0.972. The van der Waals surface area contributed by atoms with Gasteiger partial charge in [-0.3, -0.25) is 0 Å². The van der Waals surface area contributed by atoms with E-state index in [1.165, 1.54) is 22.3 Å². The van der Waals surface area contributed by atoms with Crippen LogP contribution in [0, 0.1) is 0 Å². The first kappa shape index (κ1) is 11.5. The second-order valence-corrected chi connectivity index (χ2v) is 3.98. The predicted octanol–water partition coefficient (Wildman–Crippen LogP) is 4.51. The van der Waals surface area contributed by atoms with Gasteiger partial charge in [0.2, 0.25) is 0 Å². The summed E-state index contributed by atoms with van der Waals surface area (Å²) in [4.78, 5) is 0. The van der Waals surface area contributed by atoms with Crippen molar-refractivity contribution in [3.8, 4) is 0 Å². The zero-order valence-corrected chi connectivity index (χ0v) is 9.26. The van der Waals surface area contributed by atoms with Gasteiger partial charge in [-0.15, -0.1) is 0 Å². The molecular formula is C15H18.